The first-order chi connectivity index (χ1) is 14.6. The Morgan fingerprint density at radius 1 is 0.967 bits per heavy atom. The molecule has 6 nitrogen and oxygen atoms in total. The fourth-order valence-electron chi connectivity index (χ4n) is 3.46. The predicted molar refractivity (Wildman–Crippen MR) is 119 cm³/mol. The second-order valence-electron chi connectivity index (χ2n) is 6.88. The van der Waals surface area contributed by atoms with Crippen molar-refractivity contribution in [2.75, 3.05) is 38.2 Å². The molecule has 0 N–H and O–H groups in total. The van der Waals surface area contributed by atoms with Gasteiger partial charge in [0.15, 0.2) is 5.82 Å². The molecule has 0 radical (unpaired) electrons. The van der Waals surface area contributed by atoms with E-state index < -0.39 is 0 Å². The van der Waals surface area contributed by atoms with Crippen molar-refractivity contribution in [3.63, 3.8) is 0 Å². The Morgan fingerprint density at radius 3 is 2.43 bits per heavy atom. The Hall–Kier alpha value is -2.83. The number of piperazine rings is 1. The number of anilines is 1. The number of carbonyl (C=O) groups excluding carboxylic acids is 1. The van der Waals surface area contributed by atoms with E-state index >= 15 is 0 Å². The van der Waals surface area contributed by atoms with E-state index in [-0.39, 0.29) is 5.91 Å². The molecule has 0 spiro atoms. The number of benzene rings is 2. The molecule has 4 rings (SSSR count). The van der Waals surface area contributed by atoms with Crippen molar-refractivity contribution in [1.29, 1.82) is 0 Å². The molecule has 154 valence electrons. The van der Waals surface area contributed by atoms with Gasteiger partial charge in [-0.2, -0.15) is 0 Å². The smallest absolute Gasteiger partial charge is 0.255 e. The highest BCUT2D eigenvalue weighted by atomic mass is 35.5. The number of amides is 1. The van der Waals surface area contributed by atoms with Crippen molar-refractivity contribution < 1.29 is 9.53 Å². The Balaban J connectivity index is 1.43. The zero-order valence-electron chi connectivity index (χ0n) is 16.4. The van der Waals surface area contributed by atoms with E-state index in [9.17, 15) is 4.79 Å². The number of carbonyl (C=O) groups is 1. The maximum atomic E-state index is 12.8. The van der Waals surface area contributed by atoms with Gasteiger partial charge in [0, 0.05) is 36.8 Å². The quantitative estimate of drug-likeness (QED) is 0.598. The minimum atomic E-state index is -0.111. The summed E-state index contributed by atoms with van der Waals surface area (Å²) in [6.07, 6.45) is 0. The highest BCUT2D eigenvalue weighted by Gasteiger charge is 2.24. The van der Waals surface area contributed by atoms with Gasteiger partial charge in [0.05, 0.1) is 23.4 Å². The van der Waals surface area contributed by atoms with E-state index in [1.165, 1.54) is 0 Å². The van der Waals surface area contributed by atoms with Crippen molar-refractivity contribution in [1.82, 2.24) is 15.1 Å². The summed E-state index contributed by atoms with van der Waals surface area (Å²) < 4.78 is 5.40. The molecule has 1 aliphatic heterocycles. The van der Waals surface area contributed by atoms with Gasteiger partial charge in [0.2, 0.25) is 0 Å². The summed E-state index contributed by atoms with van der Waals surface area (Å²) in [5.74, 6) is 1.42. The second kappa shape index (κ2) is 8.90. The summed E-state index contributed by atoms with van der Waals surface area (Å²) in [6, 6.07) is 16.5. The molecule has 3 aromatic rings. The van der Waals surface area contributed by atoms with Crippen molar-refractivity contribution in [2.24, 2.45) is 0 Å². The van der Waals surface area contributed by atoms with Gasteiger partial charge in [-0.25, -0.2) is 0 Å². The van der Waals surface area contributed by atoms with Gasteiger partial charge < -0.3 is 14.5 Å². The van der Waals surface area contributed by atoms with Gasteiger partial charge in [0.1, 0.15) is 5.75 Å². The lowest BCUT2D eigenvalue weighted by molar-refractivity contribution is 0.0746. The van der Waals surface area contributed by atoms with Crippen molar-refractivity contribution in [3.8, 4) is 17.0 Å². The number of rotatable bonds is 4. The van der Waals surface area contributed by atoms with Crippen LogP contribution in [0.3, 0.4) is 0 Å². The average molecular weight is 443 g/mol. The van der Waals surface area contributed by atoms with E-state index in [1.807, 2.05) is 36.4 Å². The standard InChI is InChI=1S/C22H20Cl2N4O2/c1-30-20-5-3-2-4-16(20)19-8-9-21(26-25-19)27-10-12-28(13-11-27)22(29)17-14-15(23)6-7-18(17)24/h2-9,14H,10-13H2,1H3. The number of nitrogens with zero attached hydrogens (tertiary/aromatic N) is 4. The molecule has 30 heavy (non-hydrogen) atoms. The minimum absolute atomic E-state index is 0.111. The fourth-order valence-corrected chi connectivity index (χ4v) is 3.83. The maximum absolute atomic E-state index is 12.8. The molecule has 0 bridgehead atoms. The zero-order valence-corrected chi connectivity index (χ0v) is 17.9. The molecule has 0 atom stereocenters. The van der Waals surface area contributed by atoms with E-state index in [2.05, 4.69) is 15.1 Å². The Bertz CT molecular complexity index is 1050. The van der Waals surface area contributed by atoms with Crippen LogP contribution in [0.4, 0.5) is 5.82 Å². The van der Waals surface area contributed by atoms with Crippen LogP contribution in [0.25, 0.3) is 11.3 Å². The highest BCUT2D eigenvalue weighted by Crippen LogP contribution is 2.28. The van der Waals surface area contributed by atoms with E-state index in [0.717, 1.165) is 22.8 Å². The van der Waals surface area contributed by atoms with Gasteiger partial charge in [-0.1, -0.05) is 35.3 Å². The number of aromatic nitrogens is 2. The summed E-state index contributed by atoms with van der Waals surface area (Å²) in [5, 5.41) is 9.66. The molecular formula is C22H20Cl2N4O2. The lowest BCUT2D eigenvalue weighted by atomic mass is 10.1. The Labute approximate surface area is 185 Å². The van der Waals surface area contributed by atoms with Crippen LogP contribution in [0, 0.1) is 0 Å². The molecule has 1 fully saturated rings. The first-order valence-electron chi connectivity index (χ1n) is 9.53. The number of methoxy groups -OCH3 is 1. The minimum Gasteiger partial charge on any atom is -0.496 e. The van der Waals surface area contributed by atoms with Crippen molar-refractivity contribution in [3.05, 3.63) is 70.2 Å². The Morgan fingerprint density at radius 2 is 1.73 bits per heavy atom. The highest BCUT2D eigenvalue weighted by molar-refractivity contribution is 6.35. The topological polar surface area (TPSA) is 58.6 Å². The van der Waals surface area contributed by atoms with E-state index in [4.69, 9.17) is 27.9 Å². The monoisotopic (exact) mass is 442 g/mol. The third-order valence-corrected chi connectivity index (χ3v) is 5.65. The summed E-state index contributed by atoms with van der Waals surface area (Å²) >= 11 is 12.2. The SMILES string of the molecule is COc1ccccc1-c1ccc(N2CCN(C(=O)c3cc(Cl)ccc3Cl)CC2)nn1. The molecule has 0 saturated carbocycles. The fraction of sp³-hybridized carbons (Fsp3) is 0.227. The molecule has 1 saturated heterocycles. The summed E-state index contributed by atoms with van der Waals surface area (Å²) in [7, 11) is 1.64. The number of halogens is 2. The zero-order chi connectivity index (χ0) is 21.1. The van der Waals surface area contributed by atoms with Crippen LogP contribution in [0.5, 0.6) is 5.75 Å². The first kappa shape index (κ1) is 20.4. The lowest BCUT2D eigenvalue weighted by Crippen LogP contribution is -2.49. The number of para-hydroxylation sites is 1. The van der Waals surface area contributed by atoms with Crippen LogP contribution >= 0.6 is 23.2 Å². The van der Waals surface area contributed by atoms with Gasteiger partial charge in [0.25, 0.3) is 5.91 Å². The van der Waals surface area contributed by atoms with Crippen LogP contribution in [0.1, 0.15) is 10.4 Å². The average Bonchev–Trinajstić information content (AvgIpc) is 2.80. The van der Waals surface area contributed by atoms with Crippen LogP contribution in [-0.4, -0.2) is 54.3 Å². The maximum Gasteiger partial charge on any atom is 0.255 e. The molecule has 8 heteroatoms. The molecule has 2 heterocycles. The van der Waals surface area contributed by atoms with Gasteiger partial charge in [-0.15, -0.1) is 10.2 Å². The van der Waals surface area contributed by atoms with Gasteiger partial charge in [-0.3, -0.25) is 4.79 Å². The van der Waals surface area contributed by atoms with Crippen LogP contribution in [-0.2, 0) is 0 Å². The predicted octanol–water partition coefficient (Wildman–Crippen LogP) is 4.42. The summed E-state index contributed by atoms with van der Waals surface area (Å²) in [4.78, 5) is 16.7. The van der Waals surface area contributed by atoms with Gasteiger partial charge in [-0.05, 0) is 42.5 Å². The Kier molecular flexibility index (Phi) is 6.06. The van der Waals surface area contributed by atoms with Crippen molar-refractivity contribution in [2.45, 2.75) is 0 Å². The molecule has 1 aromatic heterocycles. The van der Waals surface area contributed by atoms with E-state index in [1.54, 1.807) is 30.2 Å². The van der Waals surface area contributed by atoms with Crippen LogP contribution < -0.4 is 9.64 Å². The summed E-state index contributed by atoms with van der Waals surface area (Å²) in [6.45, 7) is 2.45. The van der Waals surface area contributed by atoms with Gasteiger partial charge >= 0.3 is 0 Å². The molecule has 1 amide bonds. The van der Waals surface area contributed by atoms with E-state index in [0.29, 0.717) is 41.8 Å². The largest absolute Gasteiger partial charge is 0.496 e. The normalized spacial score (nSPS) is 14.0. The molecular weight excluding hydrogens is 423 g/mol. The number of hydrogen-bond acceptors (Lipinski definition) is 5. The third kappa shape index (κ3) is 4.20. The number of hydrogen-bond donors (Lipinski definition) is 0. The first-order valence-corrected chi connectivity index (χ1v) is 10.3. The number of ether oxygens (including phenoxy) is 1. The van der Waals surface area contributed by atoms with Crippen LogP contribution in [0.15, 0.2) is 54.6 Å². The summed E-state index contributed by atoms with van der Waals surface area (Å²) in [5.41, 5.74) is 2.08. The lowest BCUT2D eigenvalue weighted by Gasteiger charge is -2.35. The molecule has 1 aliphatic rings. The molecule has 0 unspecified atom stereocenters. The second-order valence-corrected chi connectivity index (χ2v) is 7.72. The van der Waals surface area contributed by atoms with Crippen molar-refractivity contribution >= 4 is 34.9 Å². The molecule has 0 aliphatic carbocycles. The molecule has 2 aromatic carbocycles. The third-order valence-electron chi connectivity index (χ3n) is 5.08. The van der Waals surface area contributed by atoms with Crippen LogP contribution in [0.2, 0.25) is 10.0 Å².